The van der Waals surface area contributed by atoms with Gasteiger partial charge in [-0.05, 0) is 77.0 Å². The number of allylic oxidation sites excluding steroid dienone is 8. The average molecular weight is 933 g/mol. The Balaban J connectivity index is 2.19. The molecule has 0 spiro atoms. The van der Waals surface area contributed by atoms with E-state index in [9.17, 15) is 25.2 Å². The Bertz CT molecular complexity index is 1150. The maximum Gasteiger partial charge on any atom is 0.306 e. The molecule has 386 valence electrons. The van der Waals surface area contributed by atoms with Crippen molar-refractivity contribution in [1.82, 2.24) is 0 Å². The van der Waals surface area contributed by atoms with Crippen molar-refractivity contribution in [3.05, 3.63) is 48.6 Å². The quantitative estimate of drug-likeness (QED) is 0.0267. The molecule has 1 fully saturated rings. The molecule has 0 amide bonds. The minimum Gasteiger partial charge on any atom is -0.457 e. The molecule has 1 rings (SSSR count). The predicted molar refractivity (Wildman–Crippen MR) is 275 cm³/mol. The number of carbonyl (C=O) groups excluding carboxylic acids is 1. The Hall–Kier alpha value is -1.85. The highest BCUT2D eigenvalue weighted by molar-refractivity contribution is 5.69. The van der Waals surface area contributed by atoms with Gasteiger partial charge < -0.3 is 39.4 Å². The molecule has 0 radical (unpaired) electrons. The Morgan fingerprint density at radius 2 is 0.879 bits per heavy atom. The van der Waals surface area contributed by atoms with Gasteiger partial charge in [-0.1, -0.05) is 210 Å². The van der Waals surface area contributed by atoms with Crippen LogP contribution >= 0.6 is 0 Å². The highest BCUT2D eigenvalue weighted by Gasteiger charge is 2.44. The summed E-state index contributed by atoms with van der Waals surface area (Å²) in [6.07, 6.45) is 54.3. The van der Waals surface area contributed by atoms with Crippen LogP contribution in [0.25, 0.3) is 0 Å². The van der Waals surface area contributed by atoms with Crippen molar-refractivity contribution in [3.63, 3.8) is 0 Å². The van der Waals surface area contributed by atoms with Crippen molar-refractivity contribution in [2.45, 2.75) is 282 Å². The van der Waals surface area contributed by atoms with Gasteiger partial charge in [-0.25, -0.2) is 0 Å². The van der Waals surface area contributed by atoms with E-state index in [0.29, 0.717) is 13.0 Å². The van der Waals surface area contributed by atoms with Crippen LogP contribution in [0.3, 0.4) is 0 Å². The first-order chi connectivity index (χ1) is 32.4. The second-order valence-electron chi connectivity index (χ2n) is 19.0. The zero-order valence-corrected chi connectivity index (χ0v) is 42.7. The zero-order chi connectivity index (χ0) is 47.8. The van der Waals surface area contributed by atoms with Gasteiger partial charge in [0.2, 0.25) is 0 Å². The highest BCUT2D eigenvalue weighted by Crippen LogP contribution is 2.23. The lowest BCUT2D eigenvalue weighted by atomic mass is 9.99. The molecule has 1 aliphatic heterocycles. The Labute approximate surface area is 405 Å². The summed E-state index contributed by atoms with van der Waals surface area (Å²) in [5.41, 5.74) is 0. The topological polar surface area (TPSA) is 135 Å². The SMILES string of the molecule is CCCCCCC/C=C\C/C=C\C/C=C\CCCCCCCCC(=O)OC(COCCCCCCCCCCCC/C=C\CCCCCCCCCC)COC1OC(CO)C(O)C(O)C1O. The lowest BCUT2D eigenvalue weighted by Crippen LogP contribution is -2.59. The van der Waals surface area contributed by atoms with Crippen LogP contribution in [0.2, 0.25) is 0 Å². The minimum atomic E-state index is -1.54. The smallest absolute Gasteiger partial charge is 0.306 e. The third-order valence-electron chi connectivity index (χ3n) is 12.7. The van der Waals surface area contributed by atoms with Crippen molar-refractivity contribution < 1.29 is 44.2 Å². The molecule has 9 nitrogen and oxygen atoms in total. The molecule has 66 heavy (non-hydrogen) atoms. The Kier molecular flexibility index (Phi) is 45.4. The molecule has 0 aliphatic carbocycles. The monoisotopic (exact) mass is 933 g/mol. The first-order valence-electron chi connectivity index (χ1n) is 27.7. The van der Waals surface area contributed by atoms with Gasteiger partial charge in [0.1, 0.15) is 30.5 Å². The molecule has 0 aromatic heterocycles. The molecule has 0 aromatic carbocycles. The first-order valence-corrected chi connectivity index (χ1v) is 27.7. The van der Waals surface area contributed by atoms with Crippen LogP contribution in [0, 0.1) is 0 Å². The summed E-state index contributed by atoms with van der Waals surface area (Å²) in [5, 5.41) is 40.3. The highest BCUT2D eigenvalue weighted by atomic mass is 16.7. The van der Waals surface area contributed by atoms with Gasteiger partial charge in [0.05, 0.1) is 19.8 Å². The van der Waals surface area contributed by atoms with E-state index < -0.39 is 43.4 Å². The zero-order valence-electron chi connectivity index (χ0n) is 42.7. The summed E-state index contributed by atoms with van der Waals surface area (Å²) in [5.74, 6) is -0.324. The standard InChI is InChI=1S/C57H104O9/c1-3-5-7-9-11-13-15-17-19-21-23-25-27-29-31-33-35-37-39-41-43-45-47-63-49-51(50-64-57-56(62)55(61)54(60)52(48-58)66-57)65-53(59)46-44-42-40-38-36-34-32-30-28-26-24-22-20-18-16-14-12-10-8-6-4-2/h16,18,21-24,28,30,51-52,54-58,60-62H,3-15,17,19-20,25-27,29,31-50H2,1-2H3/b18-16-,23-21-,24-22-,30-28-. The molecule has 0 aromatic rings. The predicted octanol–water partition coefficient (Wildman–Crippen LogP) is 14.0. The maximum absolute atomic E-state index is 12.9. The van der Waals surface area contributed by atoms with Crippen molar-refractivity contribution in [2.75, 3.05) is 26.4 Å². The van der Waals surface area contributed by atoms with E-state index in [2.05, 4.69) is 62.5 Å². The maximum atomic E-state index is 12.9. The van der Waals surface area contributed by atoms with Gasteiger partial charge in [0, 0.05) is 13.0 Å². The normalized spacial score (nSPS) is 19.6. The number of hydrogen-bond acceptors (Lipinski definition) is 9. The second-order valence-corrected chi connectivity index (χ2v) is 19.0. The van der Waals surface area contributed by atoms with Gasteiger partial charge >= 0.3 is 5.97 Å². The van der Waals surface area contributed by atoms with Crippen LogP contribution in [0.4, 0.5) is 0 Å². The van der Waals surface area contributed by atoms with Gasteiger partial charge in [-0.2, -0.15) is 0 Å². The van der Waals surface area contributed by atoms with Crippen molar-refractivity contribution in [1.29, 1.82) is 0 Å². The van der Waals surface area contributed by atoms with Gasteiger partial charge in [0.25, 0.3) is 0 Å². The fraction of sp³-hybridized carbons (Fsp3) is 0.842. The molecule has 4 N–H and O–H groups in total. The van der Waals surface area contributed by atoms with E-state index in [-0.39, 0.29) is 19.2 Å². The number of ether oxygens (including phenoxy) is 4. The van der Waals surface area contributed by atoms with Gasteiger partial charge in [-0.15, -0.1) is 0 Å². The fourth-order valence-electron chi connectivity index (χ4n) is 8.38. The van der Waals surface area contributed by atoms with E-state index in [1.54, 1.807) is 0 Å². The molecule has 1 aliphatic rings. The average Bonchev–Trinajstić information content (AvgIpc) is 3.32. The van der Waals surface area contributed by atoms with Crippen LogP contribution in [0.5, 0.6) is 0 Å². The number of rotatable bonds is 48. The molecule has 9 heteroatoms. The summed E-state index contributed by atoms with van der Waals surface area (Å²) < 4.78 is 22.9. The summed E-state index contributed by atoms with van der Waals surface area (Å²) in [7, 11) is 0. The summed E-state index contributed by atoms with van der Waals surface area (Å²) in [6.45, 7) is 4.56. The molecule has 1 heterocycles. The third-order valence-corrected chi connectivity index (χ3v) is 12.7. The molecular weight excluding hydrogens is 829 g/mol. The third kappa shape index (κ3) is 38.1. The van der Waals surface area contributed by atoms with Crippen LogP contribution < -0.4 is 0 Å². The lowest BCUT2D eigenvalue weighted by molar-refractivity contribution is -0.305. The largest absolute Gasteiger partial charge is 0.457 e. The van der Waals surface area contributed by atoms with Crippen molar-refractivity contribution >= 4 is 5.97 Å². The van der Waals surface area contributed by atoms with Crippen LogP contribution in [0.15, 0.2) is 48.6 Å². The number of hydrogen-bond donors (Lipinski definition) is 4. The molecule has 1 saturated heterocycles. The number of aliphatic hydroxyl groups is 4. The Morgan fingerprint density at radius 1 is 0.485 bits per heavy atom. The molecule has 6 atom stereocenters. The number of aliphatic hydroxyl groups excluding tert-OH is 4. The number of unbranched alkanes of at least 4 members (excludes halogenated alkanes) is 29. The second kappa shape index (κ2) is 48.2. The van der Waals surface area contributed by atoms with E-state index in [0.717, 1.165) is 57.8 Å². The number of esters is 1. The summed E-state index contributed by atoms with van der Waals surface area (Å²) in [4.78, 5) is 12.9. The van der Waals surface area contributed by atoms with E-state index >= 15 is 0 Å². The fourth-order valence-corrected chi connectivity index (χ4v) is 8.38. The van der Waals surface area contributed by atoms with Crippen LogP contribution in [0.1, 0.15) is 245 Å². The van der Waals surface area contributed by atoms with E-state index in [1.807, 2.05) is 0 Å². The van der Waals surface area contributed by atoms with Gasteiger partial charge in [-0.3, -0.25) is 4.79 Å². The number of carbonyl (C=O) groups is 1. The van der Waals surface area contributed by atoms with Crippen LogP contribution in [-0.4, -0.2) is 89.6 Å². The first kappa shape index (κ1) is 62.2. The van der Waals surface area contributed by atoms with Crippen molar-refractivity contribution in [2.24, 2.45) is 0 Å². The molecule has 0 saturated carbocycles. The van der Waals surface area contributed by atoms with E-state index in [1.165, 1.54) is 167 Å². The van der Waals surface area contributed by atoms with Gasteiger partial charge in [0.15, 0.2) is 6.29 Å². The summed E-state index contributed by atoms with van der Waals surface area (Å²) in [6, 6.07) is 0. The van der Waals surface area contributed by atoms with Crippen molar-refractivity contribution in [3.8, 4) is 0 Å². The molecule has 6 unspecified atom stereocenters. The lowest BCUT2D eigenvalue weighted by Gasteiger charge is -2.39. The summed E-state index contributed by atoms with van der Waals surface area (Å²) >= 11 is 0. The Morgan fingerprint density at radius 3 is 1.33 bits per heavy atom. The minimum absolute atomic E-state index is 0.119. The molecule has 0 bridgehead atoms. The van der Waals surface area contributed by atoms with Crippen LogP contribution in [-0.2, 0) is 23.7 Å². The van der Waals surface area contributed by atoms with E-state index in [4.69, 9.17) is 18.9 Å². The molecular formula is C57H104O9.